The molecule has 0 bridgehead atoms. The van der Waals surface area contributed by atoms with Crippen LogP contribution in [0.25, 0.3) is 28.0 Å². The fraction of sp³-hybridized carbons (Fsp3) is 0.174. The molecule has 0 radical (unpaired) electrons. The number of aryl methyl sites for hydroxylation is 1. The molecule has 2 aromatic carbocycles. The molecule has 0 unspecified atom stereocenters. The minimum Gasteiger partial charge on any atom is -0.496 e. The highest BCUT2D eigenvalue weighted by atomic mass is 19.4. The summed E-state index contributed by atoms with van der Waals surface area (Å²) in [4.78, 5) is 20.9. The van der Waals surface area contributed by atoms with Gasteiger partial charge in [-0.2, -0.15) is 13.2 Å². The molecule has 176 valence electrons. The van der Waals surface area contributed by atoms with E-state index >= 15 is 0 Å². The lowest BCUT2D eigenvalue weighted by Crippen LogP contribution is -2.33. The third-order valence-corrected chi connectivity index (χ3v) is 5.33. The Kier molecular flexibility index (Phi) is 5.78. The molecule has 4 aromatic rings. The smallest absolute Gasteiger partial charge is 0.405 e. The first-order valence-corrected chi connectivity index (χ1v) is 10.1. The normalized spacial score (nSPS) is 11.6. The molecule has 0 aliphatic heterocycles. The SMILES string of the molecule is COc1cc(-n2c(-c3ccc(N)cc3)c(C)c3ncnc(N)c32)ccc1C(=O)NCC(F)(F)F. The largest absolute Gasteiger partial charge is 0.496 e. The Labute approximate surface area is 192 Å². The van der Waals surface area contributed by atoms with Gasteiger partial charge in [-0.25, -0.2) is 9.97 Å². The van der Waals surface area contributed by atoms with Gasteiger partial charge in [0.05, 0.1) is 29.6 Å². The van der Waals surface area contributed by atoms with E-state index in [4.69, 9.17) is 16.2 Å². The summed E-state index contributed by atoms with van der Waals surface area (Å²) in [6.45, 7) is 0.445. The van der Waals surface area contributed by atoms with Crippen molar-refractivity contribution in [2.75, 3.05) is 25.1 Å². The van der Waals surface area contributed by atoms with Gasteiger partial charge < -0.3 is 26.1 Å². The number of nitrogen functional groups attached to an aromatic ring is 2. The predicted molar refractivity (Wildman–Crippen MR) is 123 cm³/mol. The summed E-state index contributed by atoms with van der Waals surface area (Å²) in [6, 6.07) is 11.8. The van der Waals surface area contributed by atoms with Crippen molar-refractivity contribution in [1.29, 1.82) is 0 Å². The number of amides is 1. The molecule has 11 heteroatoms. The van der Waals surface area contributed by atoms with Crippen molar-refractivity contribution in [3.63, 3.8) is 0 Å². The van der Waals surface area contributed by atoms with E-state index in [2.05, 4.69) is 9.97 Å². The molecule has 34 heavy (non-hydrogen) atoms. The number of fused-ring (bicyclic) bond motifs is 1. The van der Waals surface area contributed by atoms with Gasteiger partial charge in [-0.05, 0) is 36.8 Å². The maximum Gasteiger partial charge on any atom is 0.405 e. The summed E-state index contributed by atoms with van der Waals surface area (Å²) in [5.74, 6) is -0.577. The summed E-state index contributed by atoms with van der Waals surface area (Å²) < 4.78 is 44.8. The number of nitrogens with two attached hydrogens (primary N) is 2. The number of aromatic nitrogens is 3. The van der Waals surface area contributed by atoms with Crippen LogP contribution in [0.4, 0.5) is 24.7 Å². The van der Waals surface area contributed by atoms with Gasteiger partial charge in [-0.15, -0.1) is 0 Å². The molecule has 0 aliphatic carbocycles. The zero-order valence-corrected chi connectivity index (χ0v) is 18.3. The zero-order valence-electron chi connectivity index (χ0n) is 18.3. The number of carbonyl (C=O) groups excluding carboxylic acids is 1. The topological polar surface area (TPSA) is 121 Å². The third-order valence-electron chi connectivity index (χ3n) is 5.33. The number of nitrogens with one attached hydrogen (secondary N) is 1. The molecule has 1 amide bonds. The van der Waals surface area contributed by atoms with Crippen LogP contribution in [-0.4, -0.2) is 40.3 Å². The van der Waals surface area contributed by atoms with Gasteiger partial charge in [-0.1, -0.05) is 12.1 Å². The van der Waals surface area contributed by atoms with E-state index in [0.29, 0.717) is 22.4 Å². The zero-order chi connectivity index (χ0) is 24.6. The average Bonchev–Trinajstić information content (AvgIpc) is 3.11. The van der Waals surface area contributed by atoms with Crippen molar-refractivity contribution in [1.82, 2.24) is 19.9 Å². The minimum atomic E-state index is -4.53. The number of carbonyl (C=O) groups is 1. The maximum absolute atomic E-state index is 12.5. The summed E-state index contributed by atoms with van der Waals surface area (Å²) in [7, 11) is 1.33. The number of hydrogen-bond acceptors (Lipinski definition) is 6. The molecule has 2 aromatic heterocycles. The second-order valence-corrected chi connectivity index (χ2v) is 7.57. The molecule has 0 saturated heterocycles. The van der Waals surface area contributed by atoms with E-state index in [-0.39, 0.29) is 17.1 Å². The van der Waals surface area contributed by atoms with E-state index in [1.165, 1.54) is 19.5 Å². The lowest BCUT2D eigenvalue weighted by Gasteiger charge is -2.16. The number of methoxy groups -OCH3 is 1. The summed E-state index contributed by atoms with van der Waals surface area (Å²) in [5, 5.41) is 1.86. The number of ether oxygens (including phenoxy) is 1. The van der Waals surface area contributed by atoms with Crippen LogP contribution in [0.1, 0.15) is 15.9 Å². The Morgan fingerprint density at radius 1 is 1.12 bits per heavy atom. The second-order valence-electron chi connectivity index (χ2n) is 7.57. The highest BCUT2D eigenvalue weighted by Gasteiger charge is 2.29. The highest BCUT2D eigenvalue weighted by molar-refractivity contribution is 5.99. The van der Waals surface area contributed by atoms with Crippen LogP contribution < -0.4 is 21.5 Å². The van der Waals surface area contributed by atoms with E-state index in [1.54, 1.807) is 24.3 Å². The number of anilines is 2. The average molecular weight is 470 g/mol. The van der Waals surface area contributed by atoms with Gasteiger partial charge in [0.1, 0.15) is 24.1 Å². The van der Waals surface area contributed by atoms with E-state index in [1.807, 2.05) is 28.9 Å². The molecular weight excluding hydrogens is 449 g/mol. The predicted octanol–water partition coefficient (Wildman–Crippen LogP) is 3.86. The van der Waals surface area contributed by atoms with Crippen LogP contribution in [0.5, 0.6) is 5.75 Å². The van der Waals surface area contributed by atoms with Crippen LogP contribution in [0.15, 0.2) is 48.8 Å². The van der Waals surface area contributed by atoms with Crippen molar-refractivity contribution < 1.29 is 22.7 Å². The number of halogens is 3. The quantitative estimate of drug-likeness (QED) is 0.381. The van der Waals surface area contributed by atoms with Crippen LogP contribution in [0.3, 0.4) is 0 Å². The third kappa shape index (κ3) is 4.19. The van der Waals surface area contributed by atoms with Gasteiger partial charge in [-0.3, -0.25) is 4.79 Å². The molecular formula is C23H21F3N6O2. The molecule has 0 atom stereocenters. The fourth-order valence-electron chi connectivity index (χ4n) is 3.81. The van der Waals surface area contributed by atoms with E-state index in [9.17, 15) is 18.0 Å². The fourth-order valence-corrected chi connectivity index (χ4v) is 3.81. The standard InChI is InChI=1S/C23H21F3N6O2/c1-12-18-20(21(28)31-11-30-18)32(19(12)13-3-5-14(27)6-4-13)15-7-8-16(17(9-15)34-2)22(33)29-10-23(24,25)26/h3-9,11H,10,27H2,1-2H3,(H,29,33)(H2,28,30,31). The molecule has 4 rings (SSSR count). The van der Waals surface area contributed by atoms with Crippen molar-refractivity contribution in [2.24, 2.45) is 0 Å². The number of benzene rings is 2. The minimum absolute atomic E-state index is 0.0399. The van der Waals surface area contributed by atoms with Gasteiger partial charge >= 0.3 is 6.18 Å². The first kappa shape index (κ1) is 22.9. The first-order valence-electron chi connectivity index (χ1n) is 10.1. The molecule has 0 aliphatic rings. The first-order chi connectivity index (χ1) is 16.1. The van der Waals surface area contributed by atoms with Gasteiger partial charge in [0, 0.05) is 17.3 Å². The molecule has 0 saturated carbocycles. The van der Waals surface area contributed by atoms with Crippen molar-refractivity contribution in [3.05, 3.63) is 59.9 Å². The van der Waals surface area contributed by atoms with Crippen molar-refractivity contribution >= 4 is 28.4 Å². The summed E-state index contributed by atoms with van der Waals surface area (Å²) >= 11 is 0. The molecule has 0 fully saturated rings. The Morgan fingerprint density at radius 2 is 1.82 bits per heavy atom. The van der Waals surface area contributed by atoms with Gasteiger partial charge in [0.2, 0.25) is 0 Å². The lowest BCUT2D eigenvalue weighted by atomic mass is 10.1. The number of alkyl halides is 3. The maximum atomic E-state index is 12.5. The van der Waals surface area contributed by atoms with Crippen molar-refractivity contribution in [3.8, 4) is 22.7 Å². The summed E-state index contributed by atoms with van der Waals surface area (Å²) in [6.07, 6.45) is -3.16. The molecule has 5 N–H and O–H groups in total. The molecule has 2 heterocycles. The number of hydrogen-bond donors (Lipinski definition) is 3. The van der Waals surface area contributed by atoms with E-state index in [0.717, 1.165) is 16.8 Å². The van der Waals surface area contributed by atoms with E-state index < -0.39 is 18.6 Å². The molecule has 0 spiro atoms. The number of nitrogens with zero attached hydrogens (tertiary/aromatic N) is 3. The van der Waals surface area contributed by atoms with Gasteiger partial charge in [0.25, 0.3) is 5.91 Å². The van der Waals surface area contributed by atoms with Gasteiger partial charge in [0.15, 0.2) is 5.82 Å². The Morgan fingerprint density at radius 3 is 2.47 bits per heavy atom. The lowest BCUT2D eigenvalue weighted by molar-refractivity contribution is -0.123. The Balaban J connectivity index is 1.90. The monoisotopic (exact) mass is 470 g/mol. The number of rotatable bonds is 5. The van der Waals surface area contributed by atoms with Crippen LogP contribution >= 0.6 is 0 Å². The Bertz CT molecular complexity index is 1380. The van der Waals surface area contributed by atoms with Crippen LogP contribution in [0.2, 0.25) is 0 Å². The van der Waals surface area contributed by atoms with Crippen LogP contribution in [0, 0.1) is 6.92 Å². The highest BCUT2D eigenvalue weighted by Crippen LogP contribution is 2.38. The van der Waals surface area contributed by atoms with Crippen LogP contribution in [-0.2, 0) is 0 Å². The molecule has 8 nitrogen and oxygen atoms in total. The van der Waals surface area contributed by atoms with Crippen molar-refractivity contribution in [2.45, 2.75) is 13.1 Å². The summed E-state index contributed by atoms with van der Waals surface area (Å²) in [5.41, 5.74) is 16.8. The Hall–Kier alpha value is -4.28. The second kappa shape index (κ2) is 8.58.